The van der Waals surface area contributed by atoms with Crippen molar-refractivity contribution in [2.24, 2.45) is 0 Å². The van der Waals surface area contributed by atoms with Gasteiger partial charge in [-0.05, 0) is 0 Å². The predicted molar refractivity (Wildman–Crippen MR) is 15.5 cm³/mol. The Balaban J connectivity index is 0. The van der Waals surface area contributed by atoms with Gasteiger partial charge in [0.25, 0.3) is 0 Å². The van der Waals surface area contributed by atoms with E-state index in [9.17, 15) is 13.2 Å². The number of rotatable bonds is 1. The molecular formula is C3H4BrF3Zn. The van der Waals surface area contributed by atoms with E-state index in [1.807, 2.05) is 0 Å². The van der Waals surface area contributed by atoms with E-state index in [0.717, 1.165) is 18.3 Å². The Kier molecular flexibility index (Phi) is 6.91. The Morgan fingerprint density at radius 2 is 1.62 bits per heavy atom. The number of halogens is 4. The van der Waals surface area contributed by atoms with Crippen LogP contribution in [0.15, 0.2) is 0 Å². The summed E-state index contributed by atoms with van der Waals surface area (Å²) in [5.41, 5.74) is 0. The molecule has 5 heteroatoms. The molecule has 0 aliphatic rings. The summed E-state index contributed by atoms with van der Waals surface area (Å²) in [6.07, 6.45) is -4.52. The zero-order chi connectivity index (χ0) is 5.91. The summed E-state index contributed by atoms with van der Waals surface area (Å²) in [4.78, 5) is 0. The van der Waals surface area contributed by atoms with Crippen molar-refractivity contribution < 1.29 is 48.5 Å². The van der Waals surface area contributed by atoms with Gasteiger partial charge in [0, 0.05) is 0 Å². The van der Waals surface area contributed by atoms with Crippen molar-refractivity contribution in [2.45, 2.75) is 17.6 Å². The molecule has 0 nitrogen and oxygen atoms in total. The third kappa shape index (κ3) is 10.00. The third-order valence-corrected chi connectivity index (χ3v) is 1.20. The molecule has 0 aromatic rings. The summed E-state index contributed by atoms with van der Waals surface area (Å²) in [6.45, 7) is 0. The normalized spacial score (nSPS) is 10.6. The zero-order valence-electron chi connectivity index (χ0n) is 4.13. The standard InChI is InChI=1S/C3H4F3.BrH.Zn/c1-2-3(4,5)6;;/h1-2H2;1H;/q;;+1/p-1. The summed E-state index contributed by atoms with van der Waals surface area (Å²) < 4.78 is 33.2. The molecule has 0 atom stereocenters. The smallest absolute Gasteiger partial charge is 1.00 e. The van der Waals surface area contributed by atoms with Crippen LogP contribution in [0.5, 0.6) is 0 Å². The average Bonchev–Trinajstić information content (AvgIpc) is 1.30. The van der Waals surface area contributed by atoms with Crippen LogP contribution in [0, 0.1) is 0 Å². The second-order valence-electron chi connectivity index (χ2n) is 1.22. The van der Waals surface area contributed by atoms with Gasteiger partial charge in [-0.25, -0.2) is 0 Å². The van der Waals surface area contributed by atoms with E-state index in [1.165, 1.54) is 0 Å². The first kappa shape index (κ1) is 11.7. The van der Waals surface area contributed by atoms with Crippen molar-refractivity contribution in [1.82, 2.24) is 0 Å². The van der Waals surface area contributed by atoms with Crippen molar-refractivity contribution in [3.63, 3.8) is 0 Å². The van der Waals surface area contributed by atoms with Gasteiger partial charge in [-0.2, -0.15) is 0 Å². The predicted octanol–water partition coefficient (Wildman–Crippen LogP) is -1.09. The fourth-order valence-electron chi connectivity index (χ4n) is 0.200. The van der Waals surface area contributed by atoms with E-state index in [2.05, 4.69) is 0 Å². The molecule has 0 rings (SSSR count). The summed E-state index contributed by atoms with van der Waals surface area (Å²) in [5.74, 6) is 0. The van der Waals surface area contributed by atoms with E-state index < -0.39 is 12.6 Å². The minimum absolute atomic E-state index is 0. The van der Waals surface area contributed by atoms with Crippen molar-refractivity contribution >= 4 is 0 Å². The molecule has 0 spiro atoms. The van der Waals surface area contributed by atoms with Crippen molar-refractivity contribution in [2.75, 3.05) is 0 Å². The molecule has 0 aromatic carbocycles. The topological polar surface area (TPSA) is 0 Å². The summed E-state index contributed by atoms with van der Waals surface area (Å²) in [6, 6.07) is 0. The molecule has 0 aliphatic heterocycles. The Morgan fingerprint density at radius 1 is 1.25 bits per heavy atom. The molecule has 0 aliphatic carbocycles. The Morgan fingerprint density at radius 3 is 1.62 bits per heavy atom. The maximum atomic E-state index is 11.1. The molecule has 0 saturated heterocycles. The van der Waals surface area contributed by atoms with Gasteiger partial charge < -0.3 is 17.0 Å². The monoisotopic (exact) mass is 240 g/mol. The number of hydrogen-bond donors (Lipinski definition) is 0. The molecule has 0 heterocycles. The van der Waals surface area contributed by atoms with E-state index in [0.29, 0.717) is 5.02 Å². The number of alkyl halides is 3. The summed E-state index contributed by atoms with van der Waals surface area (Å²) >= 11 is 0.736. The minimum atomic E-state index is -3.92. The SMILES string of the molecule is FC(F)(F)C[CH2][Zn+].[Br-]. The minimum Gasteiger partial charge on any atom is -1.00 e. The molecule has 8 heavy (non-hydrogen) atoms. The molecule has 0 unspecified atom stereocenters. The van der Waals surface area contributed by atoms with Crippen LogP contribution in [0.1, 0.15) is 6.42 Å². The van der Waals surface area contributed by atoms with Crippen LogP contribution in [-0.2, 0) is 18.3 Å². The molecule has 0 amide bonds. The van der Waals surface area contributed by atoms with Crippen LogP contribution in [0.3, 0.4) is 0 Å². The molecule has 0 radical (unpaired) electrons. The van der Waals surface area contributed by atoms with Crippen molar-refractivity contribution in [1.29, 1.82) is 0 Å². The second-order valence-corrected chi connectivity index (χ2v) is 2.70. The molecule has 0 saturated carbocycles. The Hall–Kier alpha value is 0.893. The van der Waals surface area contributed by atoms with Gasteiger partial charge >= 0.3 is 49.1 Å². The van der Waals surface area contributed by atoms with Gasteiger partial charge in [-0.15, -0.1) is 0 Å². The van der Waals surface area contributed by atoms with Gasteiger partial charge in [0.05, 0.1) is 0 Å². The first-order valence-corrected chi connectivity index (χ1v) is 4.02. The van der Waals surface area contributed by atoms with Gasteiger partial charge in [-0.3, -0.25) is 0 Å². The first-order valence-electron chi connectivity index (χ1n) is 1.92. The van der Waals surface area contributed by atoms with Crippen LogP contribution in [-0.4, -0.2) is 6.18 Å². The quantitative estimate of drug-likeness (QED) is 0.513. The average molecular weight is 242 g/mol. The van der Waals surface area contributed by atoms with Crippen LogP contribution >= 0.6 is 0 Å². The maximum Gasteiger partial charge on any atom is -1.00 e. The maximum absolute atomic E-state index is 11.1. The van der Waals surface area contributed by atoms with Crippen molar-refractivity contribution in [3.8, 4) is 0 Å². The van der Waals surface area contributed by atoms with E-state index >= 15 is 0 Å². The number of hydrogen-bond acceptors (Lipinski definition) is 0. The van der Waals surface area contributed by atoms with Crippen LogP contribution in [0.4, 0.5) is 13.2 Å². The Labute approximate surface area is 66.3 Å². The Bertz CT molecular complexity index is 53.0. The summed E-state index contributed by atoms with van der Waals surface area (Å²) in [5, 5.41) is 0.309. The van der Waals surface area contributed by atoms with Crippen LogP contribution < -0.4 is 17.0 Å². The molecule has 0 N–H and O–H groups in total. The van der Waals surface area contributed by atoms with E-state index in [-0.39, 0.29) is 17.0 Å². The van der Waals surface area contributed by atoms with E-state index in [4.69, 9.17) is 0 Å². The first-order chi connectivity index (χ1) is 3.06. The fraction of sp³-hybridized carbons (Fsp3) is 1.00. The molecule has 0 bridgehead atoms. The van der Waals surface area contributed by atoms with Crippen LogP contribution in [0.2, 0.25) is 5.02 Å². The fourth-order valence-corrected chi connectivity index (χ4v) is 1.04. The molecular weight excluding hydrogens is 238 g/mol. The largest absolute Gasteiger partial charge is 1.00 e. The second kappa shape index (κ2) is 4.74. The van der Waals surface area contributed by atoms with Gasteiger partial charge in [-0.1, -0.05) is 0 Å². The zero-order valence-corrected chi connectivity index (χ0v) is 8.69. The van der Waals surface area contributed by atoms with E-state index in [1.54, 1.807) is 0 Å². The summed E-state index contributed by atoms with van der Waals surface area (Å²) in [7, 11) is 0. The van der Waals surface area contributed by atoms with Gasteiger partial charge in [0.15, 0.2) is 0 Å². The molecule has 0 aromatic heterocycles. The third-order valence-electron chi connectivity index (χ3n) is 0.460. The van der Waals surface area contributed by atoms with Crippen LogP contribution in [0.25, 0.3) is 0 Å². The van der Waals surface area contributed by atoms with Gasteiger partial charge in [0.2, 0.25) is 0 Å². The molecule has 46 valence electrons. The van der Waals surface area contributed by atoms with Crippen molar-refractivity contribution in [3.05, 3.63) is 0 Å². The van der Waals surface area contributed by atoms with Gasteiger partial charge in [0.1, 0.15) is 0 Å². The molecule has 0 fully saturated rings.